The molecule has 0 aromatic heterocycles. The molecule has 62 valence electrons. The zero-order chi connectivity index (χ0) is 8.43. The summed E-state index contributed by atoms with van der Waals surface area (Å²) < 4.78 is 0. The first-order chi connectivity index (χ1) is 5.11. The van der Waals surface area contributed by atoms with Crippen molar-refractivity contribution in [2.75, 3.05) is 0 Å². The number of aliphatic carboxylic acids is 1. The summed E-state index contributed by atoms with van der Waals surface area (Å²) in [7, 11) is 0. The Morgan fingerprint density at radius 2 is 2.18 bits per heavy atom. The Labute approximate surface area is 63.0 Å². The quantitative estimate of drug-likeness (QED) is 0.444. The van der Waals surface area contributed by atoms with Gasteiger partial charge in [-0.3, -0.25) is 4.79 Å². The van der Waals surface area contributed by atoms with Crippen molar-refractivity contribution < 1.29 is 19.8 Å². The molecule has 0 saturated carbocycles. The third-order valence-corrected chi connectivity index (χ3v) is 1.65. The first-order valence-electron chi connectivity index (χ1n) is 3.32. The van der Waals surface area contributed by atoms with Crippen LogP contribution in [0.5, 0.6) is 0 Å². The van der Waals surface area contributed by atoms with Gasteiger partial charge in [-0.15, -0.1) is 0 Å². The molecule has 0 bridgehead atoms. The third-order valence-electron chi connectivity index (χ3n) is 1.65. The number of carbonyl (C=O) groups is 2. The zero-order valence-electron chi connectivity index (χ0n) is 5.78. The van der Waals surface area contributed by atoms with Gasteiger partial charge in [-0.2, -0.15) is 0 Å². The number of aliphatic hydroxyl groups excluding tert-OH is 1. The summed E-state index contributed by atoms with van der Waals surface area (Å²) in [5, 5.41) is 19.5. The average Bonchev–Trinajstić information content (AvgIpc) is 1.94. The van der Waals surface area contributed by atoms with Crippen molar-refractivity contribution in [3.8, 4) is 0 Å². The summed E-state index contributed by atoms with van der Waals surface area (Å²) in [5.41, 5.74) is 0. The van der Waals surface area contributed by atoms with E-state index in [-0.39, 0.29) is 6.42 Å². The lowest BCUT2D eigenvalue weighted by Gasteiger charge is -2.22. The molecule has 0 aromatic carbocycles. The van der Waals surface area contributed by atoms with Gasteiger partial charge in [0.2, 0.25) is 5.91 Å². The molecule has 0 unspecified atom stereocenters. The fraction of sp³-hybridized carbons (Fsp3) is 0.667. The van der Waals surface area contributed by atoms with Crippen molar-refractivity contribution in [3.05, 3.63) is 0 Å². The van der Waals surface area contributed by atoms with Crippen LogP contribution in [0.2, 0.25) is 0 Å². The van der Waals surface area contributed by atoms with Gasteiger partial charge in [-0.1, -0.05) is 0 Å². The highest BCUT2D eigenvalue weighted by Gasteiger charge is 2.29. The van der Waals surface area contributed by atoms with Gasteiger partial charge < -0.3 is 15.5 Å². The van der Waals surface area contributed by atoms with Crippen molar-refractivity contribution >= 4 is 11.9 Å². The van der Waals surface area contributed by atoms with E-state index in [0.29, 0.717) is 6.42 Å². The molecule has 1 aliphatic heterocycles. The van der Waals surface area contributed by atoms with E-state index < -0.39 is 24.0 Å². The largest absolute Gasteiger partial charge is 0.480 e. The fourth-order valence-corrected chi connectivity index (χ4v) is 0.981. The van der Waals surface area contributed by atoms with Gasteiger partial charge in [0.05, 0.1) is 0 Å². The maximum Gasteiger partial charge on any atom is 0.326 e. The SMILES string of the molecule is O=C1N[C@H](C(=O)O)CC[C@H]1O. The highest BCUT2D eigenvalue weighted by molar-refractivity contribution is 5.87. The maximum atomic E-state index is 10.7. The molecule has 0 spiro atoms. The van der Waals surface area contributed by atoms with E-state index in [9.17, 15) is 9.59 Å². The van der Waals surface area contributed by atoms with E-state index in [4.69, 9.17) is 10.2 Å². The van der Waals surface area contributed by atoms with Gasteiger partial charge in [0, 0.05) is 0 Å². The number of rotatable bonds is 1. The van der Waals surface area contributed by atoms with E-state index >= 15 is 0 Å². The molecule has 3 N–H and O–H groups in total. The molecule has 1 rings (SSSR count). The second-order valence-electron chi connectivity index (χ2n) is 2.49. The second kappa shape index (κ2) is 2.87. The maximum absolute atomic E-state index is 10.7. The number of piperidine rings is 1. The van der Waals surface area contributed by atoms with Crippen LogP contribution in [0.1, 0.15) is 12.8 Å². The molecule has 0 radical (unpaired) electrons. The van der Waals surface area contributed by atoms with Crippen molar-refractivity contribution in [2.45, 2.75) is 25.0 Å². The Morgan fingerprint density at radius 1 is 1.55 bits per heavy atom. The molecule has 2 atom stereocenters. The monoisotopic (exact) mass is 159 g/mol. The van der Waals surface area contributed by atoms with Gasteiger partial charge in [0.1, 0.15) is 12.1 Å². The predicted octanol–water partition coefficient (Wildman–Crippen LogP) is -1.29. The topological polar surface area (TPSA) is 86.6 Å². The van der Waals surface area contributed by atoms with Gasteiger partial charge in [0.25, 0.3) is 0 Å². The van der Waals surface area contributed by atoms with E-state index in [1.807, 2.05) is 0 Å². The van der Waals surface area contributed by atoms with Crippen LogP contribution in [0.3, 0.4) is 0 Å². The summed E-state index contributed by atoms with van der Waals surface area (Å²) in [6.45, 7) is 0. The lowest BCUT2D eigenvalue weighted by atomic mass is 10.0. The number of carboxylic acids is 1. The summed E-state index contributed by atoms with van der Waals surface area (Å²) in [6.07, 6.45) is -0.518. The Morgan fingerprint density at radius 3 is 2.64 bits per heavy atom. The summed E-state index contributed by atoms with van der Waals surface area (Å²) in [6, 6.07) is -0.828. The number of carbonyl (C=O) groups excluding carboxylic acids is 1. The number of aliphatic hydroxyl groups is 1. The van der Waals surface area contributed by atoms with Crippen molar-refractivity contribution in [1.29, 1.82) is 0 Å². The number of hydrogen-bond donors (Lipinski definition) is 3. The molecular weight excluding hydrogens is 150 g/mol. The van der Waals surface area contributed by atoms with Crippen LogP contribution in [-0.2, 0) is 9.59 Å². The minimum Gasteiger partial charge on any atom is -0.480 e. The molecule has 5 nitrogen and oxygen atoms in total. The minimum atomic E-state index is -1.05. The van der Waals surface area contributed by atoms with Crippen LogP contribution in [0, 0.1) is 0 Å². The van der Waals surface area contributed by atoms with Crippen LogP contribution >= 0.6 is 0 Å². The van der Waals surface area contributed by atoms with Crippen molar-refractivity contribution in [2.24, 2.45) is 0 Å². The van der Waals surface area contributed by atoms with Crippen LogP contribution in [0.4, 0.5) is 0 Å². The van der Waals surface area contributed by atoms with Gasteiger partial charge in [-0.05, 0) is 12.8 Å². The molecular formula is C6H9NO4. The fourth-order valence-electron chi connectivity index (χ4n) is 0.981. The number of carboxylic acid groups (broad SMARTS) is 1. The van der Waals surface area contributed by atoms with Crippen LogP contribution in [0.15, 0.2) is 0 Å². The Hall–Kier alpha value is -1.10. The normalized spacial score (nSPS) is 31.2. The molecule has 1 heterocycles. The van der Waals surface area contributed by atoms with Crippen LogP contribution < -0.4 is 5.32 Å². The van der Waals surface area contributed by atoms with Gasteiger partial charge in [0.15, 0.2) is 0 Å². The highest BCUT2D eigenvalue weighted by Crippen LogP contribution is 2.08. The van der Waals surface area contributed by atoms with Gasteiger partial charge in [-0.25, -0.2) is 4.79 Å². The van der Waals surface area contributed by atoms with Crippen LogP contribution in [0.25, 0.3) is 0 Å². The Kier molecular flexibility index (Phi) is 2.09. The number of hydrogen-bond acceptors (Lipinski definition) is 3. The number of nitrogens with one attached hydrogen (secondary N) is 1. The lowest BCUT2D eigenvalue weighted by Crippen LogP contribution is -2.50. The minimum absolute atomic E-state index is 0.225. The molecule has 0 aromatic rings. The third kappa shape index (κ3) is 1.68. The van der Waals surface area contributed by atoms with Crippen molar-refractivity contribution in [3.63, 3.8) is 0 Å². The van der Waals surface area contributed by atoms with E-state index in [0.717, 1.165) is 0 Å². The smallest absolute Gasteiger partial charge is 0.326 e. The highest BCUT2D eigenvalue weighted by atomic mass is 16.4. The molecule has 1 amide bonds. The second-order valence-corrected chi connectivity index (χ2v) is 2.49. The molecule has 0 aliphatic carbocycles. The predicted molar refractivity (Wildman–Crippen MR) is 34.8 cm³/mol. The van der Waals surface area contributed by atoms with E-state index in [1.54, 1.807) is 0 Å². The van der Waals surface area contributed by atoms with E-state index in [2.05, 4.69) is 5.32 Å². The van der Waals surface area contributed by atoms with E-state index in [1.165, 1.54) is 0 Å². The molecule has 1 saturated heterocycles. The zero-order valence-corrected chi connectivity index (χ0v) is 5.78. The molecule has 1 fully saturated rings. The Balaban J connectivity index is 2.53. The summed E-state index contributed by atoms with van der Waals surface area (Å²) >= 11 is 0. The first kappa shape index (κ1) is 8.00. The molecule has 1 aliphatic rings. The number of amides is 1. The lowest BCUT2D eigenvalue weighted by molar-refractivity contribution is -0.146. The summed E-state index contributed by atoms with van der Waals surface area (Å²) in [5.74, 6) is -1.64. The standard InChI is InChI=1S/C6H9NO4/c8-4-2-1-3(6(10)11)7-5(4)9/h3-4,8H,1-2H2,(H,7,9)(H,10,11)/t3-,4+/m0/s1. The van der Waals surface area contributed by atoms with Crippen LogP contribution in [-0.4, -0.2) is 34.2 Å². The molecule has 5 heteroatoms. The first-order valence-corrected chi connectivity index (χ1v) is 3.32. The van der Waals surface area contributed by atoms with Crippen molar-refractivity contribution in [1.82, 2.24) is 5.32 Å². The Bertz CT molecular complexity index is 191. The average molecular weight is 159 g/mol. The molecule has 11 heavy (non-hydrogen) atoms. The van der Waals surface area contributed by atoms with Gasteiger partial charge >= 0.3 is 5.97 Å². The summed E-state index contributed by atoms with van der Waals surface area (Å²) in [4.78, 5) is 21.0.